The lowest BCUT2D eigenvalue weighted by Crippen LogP contribution is -2.46. The van der Waals surface area contributed by atoms with Crippen LogP contribution in [0.3, 0.4) is 0 Å². The Morgan fingerprint density at radius 3 is 2.41 bits per heavy atom. The van der Waals surface area contributed by atoms with E-state index in [1.165, 1.54) is 16.8 Å². The summed E-state index contributed by atoms with van der Waals surface area (Å²) in [4.78, 5) is 26.0. The summed E-state index contributed by atoms with van der Waals surface area (Å²) in [6, 6.07) is 8.07. The molecule has 0 aliphatic carbocycles. The van der Waals surface area contributed by atoms with Crippen molar-refractivity contribution in [3.05, 3.63) is 53.2 Å². The zero-order valence-corrected chi connectivity index (χ0v) is 19.6. The van der Waals surface area contributed by atoms with Gasteiger partial charge in [-0.15, -0.1) is 5.10 Å². The highest BCUT2D eigenvalue weighted by molar-refractivity contribution is 5.93. The van der Waals surface area contributed by atoms with Crippen LogP contribution in [0.25, 0.3) is 5.69 Å². The maximum absolute atomic E-state index is 13.2. The molecule has 2 aromatic heterocycles. The summed E-state index contributed by atoms with van der Waals surface area (Å²) in [6.45, 7) is 4.29. The molecule has 34 heavy (non-hydrogen) atoms. The summed E-state index contributed by atoms with van der Waals surface area (Å²) in [5.74, 6) is 1.51. The lowest BCUT2D eigenvalue weighted by atomic mass is 10.0. The van der Waals surface area contributed by atoms with Crippen LogP contribution in [-0.2, 0) is 0 Å². The first-order valence-corrected chi connectivity index (χ1v) is 11.0. The maximum Gasteiger partial charge on any atom is 0.387 e. The summed E-state index contributed by atoms with van der Waals surface area (Å²) in [7, 11) is 1.79. The summed E-state index contributed by atoms with van der Waals surface area (Å²) in [5.41, 5.74) is 2.37. The normalized spacial score (nSPS) is 14.5. The number of nitrogens with zero attached hydrogens (tertiary/aromatic N) is 7. The molecule has 1 aliphatic rings. The average Bonchev–Trinajstić information content (AvgIpc) is 3.19. The second kappa shape index (κ2) is 9.70. The Kier molecular flexibility index (Phi) is 6.71. The van der Waals surface area contributed by atoms with E-state index in [0.717, 1.165) is 43.3 Å². The van der Waals surface area contributed by atoms with E-state index in [4.69, 9.17) is 0 Å². The first-order valence-electron chi connectivity index (χ1n) is 11.0. The Labute approximate surface area is 196 Å². The fraction of sp³-hybridized carbons (Fsp3) is 0.435. The Morgan fingerprint density at radius 1 is 1.12 bits per heavy atom. The Balaban J connectivity index is 1.42. The lowest BCUT2D eigenvalue weighted by Gasteiger charge is -2.37. The van der Waals surface area contributed by atoms with Crippen molar-refractivity contribution >= 4 is 11.7 Å². The van der Waals surface area contributed by atoms with Crippen LogP contribution in [0, 0.1) is 20.8 Å². The molecule has 11 heteroatoms. The Morgan fingerprint density at radius 2 is 1.79 bits per heavy atom. The quantitative estimate of drug-likeness (QED) is 0.545. The van der Waals surface area contributed by atoms with Crippen LogP contribution in [-0.4, -0.2) is 68.6 Å². The first-order chi connectivity index (χ1) is 16.2. The van der Waals surface area contributed by atoms with Gasteiger partial charge < -0.3 is 14.5 Å². The number of hydrogen-bond acceptors (Lipinski definition) is 7. The smallest absolute Gasteiger partial charge is 0.387 e. The predicted molar refractivity (Wildman–Crippen MR) is 122 cm³/mol. The summed E-state index contributed by atoms with van der Waals surface area (Å²) in [5, 5.41) is 8.21. The van der Waals surface area contributed by atoms with Gasteiger partial charge in [-0.25, -0.2) is 14.6 Å². The van der Waals surface area contributed by atoms with E-state index < -0.39 is 6.61 Å². The average molecular weight is 472 g/mol. The highest BCUT2D eigenvalue weighted by Gasteiger charge is 2.29. The molecular weight excluding hydrogens is 444 g/mol. The van der Waals surface area contributed by atoms with E-state index in [1.807, 2.05) is 19.9 Å². The molecule has 1 aromatic carbocycles. The second-order valence-electron chi connectivity index (χ2n) is 8.36. The van der Waals surface area contributed by atoms with Crippen LogP contribution in [0.15, 0.2) is 30.3 Å². The molecule has 0 spiro atoms. The van der Waals surface area contributed by atoms with Crippen LogP contribution in [0.5, 0.6) is 5.75 Å². The van der Waals surface area contributed by atoms with Gasteiger partial charge in [-0.2, -0.15) is 8.78 Å². The van der Waals surface area contributed by atoms with Gasteiger partial charge in [0.2, 0.25) is 0 Å². The minimum atomic E-state index is -2.89. The van der Waals surface area contributed by atoms with Crippen molar-refractivity contribution in [1.29, 1.82) is 0 Å². The third kappa shape index (κ3) is 4.97. The van der Waals surface area contributed by atoms with Gasteiger partial charge in [-0.05, 0) is 57.9 Å². The van der Waals surface area contributed by atoms with E-state index in [0.29, 0.717) is 11.4 Å². The number of amides is 1. The summed E-state index contributed by atoms with van der Waals surface area (Å²) >= 11 is 0. The number of benzene rings is 1. The van der Waals surface area contributed by atoms with Crippen molar-refractivity contribution in [1.82, 2.24) is 29.9 Å². The van der Waals surface area contributed by atoms with E-state index in [-0.39, 0.29) is 23.4 Å². The Bertz CT molecular complexity index is 1140. The van der Waals surface area contributed by atoms with Crippen LogP contribution < -0.4 is 9.64 Å². The SMILES string of the molecule is Cc1cc(N2CCC(N(C)C(=O)c3nnn(-c4ccc(OC(F)F)cc4)c3C)CC2)nc(C)n1. The molecule has 3 heterocycles. The molecule has 180 valence electrons. The predicted octanol–water partition coefficient (Wildman–Crippen LogP) is 3.32. The van der Waals surface area contributed by atoms with Crippen molar-refractivity contribution in [2.24, 2.45) is 0 Å². The molecule has 0 unspecified atom stereocenters. The molecular formula is C23H27F2N7O2. The highest BCUT2D eigenvalue weighted by atomic mass is 19.3. The number of hydrogen-bond donors (Lipinski definition) is 0. The third-order valence-electron chi connectivity index (χ3n) is 6.01. The molecule has 1 amide bonds. The molecule has 0 bridgehead atoms. The molecule has 0 radical (unpaired) electrons. The largest absolute Gasteiger partial charge is 0.435 e. The number of aryl methyl sites for hydroxylation is 2. The van der Waals surface area contributed by atoms with Gasteiger partial charge in [0.05, 0.1) is 11.4 Å². The topological polar surface area (TPSA) is 89.3 Å². The fourth-order valence-electron chi connectivity index (χ4n) is 4.22. The number of rotatable bonds is 6. The van der Waals surface area contributed by atoms with Gasteiger partial charge in [-0.1, -0.05) is 5.21 Å². The minimum Gasteiger partial charge on any atom is -0.435 e. The number of halogens is 2. The van der Waals surface area contributed by atoms with Crippen LogP contribution in [0.2, 0.25) is 0 Å². The molecule has 0 N–H and O–H groups in total. The van der Waals surface area contributed by atoms with Gasteiger partial charge >= 0.3 is 6.61 Å². The number of carbonyl (C=O) groups is 1. The molecule has 1 saturated heterocycles. The van der Waals surface area contributed by atoms with Crippen LogP contribution >= 0.6 is 0 Å². The maximum atomic E-state index is 13.2. The second-order valence-corrected chi connectivity index (χ2v) is 8.36. The van der Waals surface area contributed by atoms with E-state index in [1.54, 1.807) is 31.0 Å². The monoisotopic (exact) mass is 471 g/mol. The van der Waals surface area contributed by atoms with Gasteiger partial charge in [0.25, 0.3) is 5.91 Å². The van der Waals surface area contributed by atoms with Crippen molar-refractivity contribution in [2.75, 3.05) is 25.0 Å². The summed E-state index contributed by atoms with van der Waals surface area (Å²) < 4.78 is 30.6. The van der Waals surface area contributed by atoms with Crippen molar-refractivity contribution in [2.45, 2.75) is 46.3 Å². The van der Waals surface area contributed by atoms with E-state index in [9.17, 15) is 13.6 Å². The fourth-order valence-corrected chi connectivity index (χ4v) is 4.22. The highest BCUT2D eigenvalue weighted by Crippen LogP contribution is 2.23. The van der Waals surface area contributed by atoms with Crippen molar-refractivity contribution < 1.29 is 18.3 Å². The summed E-state index contributed by atoms with van der Waals surface area (Å²) in [6.07, 6.45) is 1.62. The van der Waals surface area contributed by atoms with Crippen LogP contribution in [0.4, 0.5) is 14.6 Å². The number of anilines is 1. The van der Waals surface area contributed by atoms with Gasteiger partial charge in [0.15, 0.2) is 5.69 Å². The van der Waals surface area contributed by atoms with Crippen molar-refractivity contribution in [3.8, 4) is 11.4 Å². The first kappa shape index (κ1) is 23.5. The zero-order chi connectivity index (χ0) is 24.4. The standard InChI is InChI=1S/C23H27F2N7O2/c1-14-13-20(27-16(3)26-14)31-11-9-17(10-12-31)30(4)22(33)21-15(2)32(29-28-21)18-5-7-19(8-6-18)34-23(24)25/h5-8,13,17,23H,9-12H2,1-4H3. The Hall–Kier alpha value is -3.63. The molecule has 1 aliphatic heterocycles. The number of aromatic nitrogens is 5. The molecule has 4 rings (SSSR count). The molecule has 0 atom stereocenters. The minimum absolute atomic E-state index is 0.0474. The van der Waals surface area contributed by atoms with E-state index in [2.05, 4.69) is 29.9 Å². The van der Waals surface area contributed by atoms with Crippen LogP contribution in [0.1, 0.15) is 40.5 Å². The number of piperidine rings is 1. The van der Waals surface area contributed by atoms with Crippen molar-refractivity contribution in [3.63, 3.8) is 0 Å². The van der Waals surface area contributed by atoms with Gasteiger partial charge in [0, 0.05) is 37.9 Å². The molecule has 3 aromatic rings. The lowest BCUT2D eigenvalue weighted by molar-refractivity contribution is -0.0498. The van der Waals surface area contributed by atoms with Gasteiger partial charge in [0.1, 0.15) is 17.4 Å². The van der Waals surface area contributed by atoms with E-state index >= 15 is 0 Å². The zero-order valence-electron chi connectivity index (χ0n) is 19.6. The van der Waals surface area contributed by atoms with Gasteiger partial charge in [-0.3, -0.25) is 4.79 Å². The number of carbonyl (C=O) groups excluding carboxylic acids is 1. The molecule has 9 nitrogen and oxygen atoms in total. The number of alkyl halides is 2. The number of ether oxygens (including phenoxy) is 1. The third-order valence-corrected chi connectivity index (χ3v) is 6.01. The molecule has 0 saturated carbocycles. The molecule has 1 fully saturated rings.